The summed E-state index contributed by atoms with van der Waals surface area (Å²) in [6.45, 7) is 4.16. The maximum atomic E-state index is 12.2. The molecular formula is C28H28N8O. The fourth-order valence-corrected chi connectivity index (χ4v) is 5.12. The number of rotatable bonds is 5. The van der Waals surface area contributed by atoms with Crippen LogP contribution in [0.5, 0.6) is 0 Å². The number of H-pyrrole nitrogens is 2. The quantitative estimate of drug-likeness (QED) is 0.338. The lowest BCUT2D eigenvalue weighted by atomic mass is 10.1. The number of nitrogens with one attached hydrogen (secondary N) is 3. The highest BCUT2D eigenvalue weighted by Gasteiger charge is 2.29. The Morgan fingerprint density at radius 1 is 1.00 bits per heavy atom. The zero-order valence-corrected chi connectivity index (χ0v) is 20.7. The number of aromatic amines is 2. The van der Waals surface area contributed by atoms with Crippen LogP contribution in [0.1, 0.15) is 12.8 Å². The first-order valence-electron chi connectivity index (χ1n) is 12.8. The number of amides is 1. The molecule has 5 aromatic rings. The second-order valence-corrected chi connectivity index (χ2v) is 10.1. The van der Waals surface area contributed by atoms with Crippen molar-refractivity contribution >= 4 is 39.2 Å². The molecular weight excluding hydrogens is 464 g/mol. The molecule has 1 aliphatic heterocycles. The smallest absolute Gasteiger partial charge is 0.227 e. The van der Waals surface area contributed by atoms with Crippen molar-refractivity contribution in [1.29, 1.82) is 0 Å². The first kappa shape index (κ1) is 22.0. The number of carbonyl (C=O) groups excluding carboxylic acids is 1. The topological polar surface area (TPSA) is 106 Å². The van der Waals surface area contributed by atoms with Crippen LogP contribution in [0.2, 0.25) is 0 Å². The van der Waals surface area contributed by atoms with E-state index in [1.54, 1.807) is 18.6 Å². The number of pyridine rings is 2. The van der Waals surface area contributed by atoms with Gasteiger partial charge in [0.05, 0.1) is 23.3 Å². The number of nitrogens with zero attached hydrogens (tertiary/aromatic N) is 5. The molecule has 9 nitrogen and oxygen atoms in total. The van der Waals surface area contributed by atoms with Crippen molar-refractivity contribution in [2.24, 2.45) is 5.92 Å². The number of aromatic nitrogens is 5. The fourth-order valence-electron chi connectivity index (χ4n) is 5.12. The molecule has 4 aromatic heterocycles. The van der Waals surface area contributed by atoms with E-state index in [4.69, 9.17) is 0 Å². The van der Waals surface area contributed by atoms with Gasteiger partial charge in [-0.15, -0.1) is 0 Å². The van der Waals surface area contributed by atoms with E-state index in [-0.39, 0.29) is 11.8 Å². The summed E-state index contributed by atoms with van der Waals surface area (Å²) in [5.74, 6) is 0.211. The molecule has 2 aliphatic rings. The summed E-state index contributed by atoms with van der Waals surface area (Å²) in [6, 6.07) is 12.7. The van der Waals surface area contributed by atoms with Gasteiger partial charge in [0.2, 0.25) is 5.91 Å². The summed E-state index contributed by atoms with van der Waals surface area (Å²) in [5.41, 5.74) is 7.39. The molecule has 1 aliphatic carbocycles. The van der Waals surface area contributed by atoms with Gasteiger partial charge >= 0.3 is 0 Å². The molecule has 0 spiro atoms. The van der Waals surface area contributed by atoms with E-state index in [1.807, 2.05) is 6.07 Å². The molecule has 3 N–H and O–H groups in total. The van der Waals surface area contributed by atoms with E-state index >= 15 is 0 Å². The Hall–Kier alpha value is -4.24. The van der Waals surface area contributed by atoms with Gasteiger partial charge in [-0.3, -0.25) is 14.9 Å². The summed E-state index contributed by atoms with van der Waals surface area (Å²) in [4.78, 5) is 29.6. The van der Waals surface area contributed by atoms with Crippen LogP contribution in [0, 0.1) is 5.92 Å². The van der Waals surface area contributed by atoms with Crippen molar-refractivity contribution in [2.75, 3.05) is 43.4 Å². The number of benzene rings is 1. The Morgan fingerprint density at radius 2 is 1.84 bits per heavy atom. The van der Waals surface area contributed by atoms with Crippen LogP contribution in [0.15, 0.2) is 55.0 Å². The minimum atomic E-state index is 0.0689. The maximum absolute atomic E-state index is 12.2. The number of piperazine rings is 1. The monoisotopic (exact) mass is 492 g/mol. The molecule has 1 aromatic carbocycles. The summed E-state index contributed by atoms with van der Waals surface area (Å²) in [6.07, 6.45) is 7.20. The minimum Gasteiger partial charge on any atom is -0.368 e. The van der Waals surface area contributed by atoms with Crippen molar-refractivity contribution in [2.45, 2.75) is 12.8 Å². The molecule has 1 saturated heterocycles. The lowest BCUT2D eigenvalue weighted by Gasteiger charge is -2.34. The van der Waals surface area contributed by atoms with Crippen LogP contribution in [0.3, 0.4) is 0 Å². The van der Waals surface area contributed by atoms with E-state index in [2.05, 4.69) is 77.6 Å². The number of anilines is 2. The van der Waals surface area contributed by atoms with Crippen LogP contribution < -0.4 is 10.2 Å². The van der Waals surface area contributed by atoms with Gasteiger partial charge in [0.15, 0.2) is 5.65 Å². The minimum absolute atomic E-state index is 0.0689. The summed E-state index contributed by atoms with van der Waals surface area (Å²) in [5, 5.41) is 12.8. The summed E-state index contributed by atoms with van der Waals surface area (Å²) >= 11 is 0. The Kier molecular flexibility index (Phi) is 5.17. The van der Waals surface area contributed by atoms with Gasteiger partial charge in [0, 0.05) is 77.6 Å². The van der Waals surface area contributed by atoms with E-state index < -0.39 is 0 Å². The van der Waals surface area contributed by atoms with E-state index in [9.17, 15) is 4.79 Å². The van der Waals surface area contributed by atoms with Crippen molar-refractivity contribution in [3.63, 3.8) is 0 Å². The van der Waals surface area contributed by atoms with Crippen LogP contribution >= 0.6 is 0 Å². The van der Waals surface area contributed by atoms with Crippen molar-refractivity contribution in [3.8, 4) is 22.5 Å². The van der Waals surface area contributed by atoms with E-state index in [0.29, 0.717) is 11.3 Å². The molecule has 7 rings (SSSR count). The highest BCUT2D eigenvalue weighted by Crippen LogP contribution is 2.35. The molecule has 5 heterocycles. The Morgan fingerprint density at radius 3 is 2.68 bits per heavy atom. The zero-order chi connectivity index (χ0) is 24.9. The van der Waals surface area contributed by atoms with Gasteiger partial charge in [-0.05, 0) is 50.2 Å². The molecule has 1 saturated carbocycles. The van der Waals surface area contributed by atoms with Crippen molar-refractivity contribution < 1.29 is 4.79 Å². The molecule has 0 atom stereocenters. The summed E-state index contributed by atoms with van der Waals surface area (Å²) < 4.78 is 0. The van der Waals surface area contributed by atoms with Crippen molar-refractivity contribution in [3.05, 3.63) is 55.0 Å². The van der Waals surface area contributed by atoms with Gasteiger partial charge < -0.3 is 20.1 Å². The van der Waals surface area contributed by atoms with Crippen LogP contribution in [0.4, 0.5) is 11.4 Å². The SMILES string of the molecule is CN1CCN(c2cccc3[nH]c(-c4[nH]nc5ncc(-c6cncc(NC(=O)C7CC7)c6)cc45)cc23)CC1. The Labute approximate surface area is 213 Å². The average Bonchev–Trinajstić information content (AvgIpc) is 3.55. The molecule has 1 amide bonds. The number of hydrogen-bond acceptors (Lipinski definition) is 6. The third-order valence-corrected chi connectivity index (χ3v) is 7.45. The fraction of sp³-hybridized carbons (Fsp3) is 0.286. The van der Waals surface area contributed by atoms with Crippen LogP contribution in [-0.2, 0) is 4.79 Å². The molecule has 0 bridgehead atoms. The predicted octanol–water partition coefficient (Wildman–Crippen LogP) is 4.27. The average molecular weight is 493 g/mol. The molecule has 0 unspecified atom stereocenters. The van der Waals surface area contributed by atoms with Gasteiger partial charge in [-0.2, -0.15) is 5.10 Å². The second kappa shape index (κ2) is 8.70. The standard InChI is InChI=1S/C28H28N8O/c1-35-7-9-36(10-8-35)25-4-2-3-23-21(25)13-24(32-23)26-22-12-19(15-30-27(22)34-33-26)18-11-20(16-29-14-18)31-28(37)17-5-6-17/h2-4,11-17,32H,5-10H2,1H3,(H,31,37)(H,30,33,34). The van der Waals surface area contributed by atoms with Crippen molar-refractivity contribution in [1.82, 2.24) is 30.0 Å². The van der Waals surface area contributed by atoms with Crippen LogP contribution in [0.25, 0.3) is 44.5 Å². The molecule has 2 fully saturated rings. The third kappa shape index (κ3) is 4.11. The molecule has 37 heavy (non-hydrogen) atoms. The Bertz CT molecular complexity index is 1620. The number of carbonyl (C=O) groups is 1. The first-order valence-corrected chi connectivity index (χ1v) is 12.8. The Balaban J connectivity index is 1.24. The van der Waals surface area contributed by atoms with Gasteiger partial charge in [-0.25, -0.2) is 4.98 Å². The highest BCUT2D eigenvalue weighted by molar-refractivity contribution is 6.00. The summed E-state index contributed by atoms with van der Waals surface area (Å²) in [7, 11) is 2.18. The molecule has 186 valence electrons. The van der Waals surface area contributed by atoms with Gasteiger partial charge in [0.25, 0.3) is 0 Å². The lowest BCUT2D eigenvalue weighted by molar-refractivity contribution is -0.117. The normalized spacial score (nSPS) is 16.5. The van der Waals surface area contributed by atoms with E-state index in [1.165, 1.54) is 11.1 Å². The zero-order valence-electron chi connectivity index (χ0n) is 20.7. The van der Waals surface area contributed by atoms with E-state index in [0.717, 1.165) is 72.4 Å². The molecule has 9 heteroatoms. The van der Waals surface area contributed by atoms with Gasteiger partial charge in [0.1, 0.15) is 0 Å². The predicted molar refractivity (Wildman–Crippen MR) is 145 cm³/mol. The lowest BCUT2D eigenvalue weighted by Crippen LogP contribution is -2.44. The highest BCUT2D eigenvalue weighted by atomic mass is 16.2. The second-order valence-electron chi connectivity index (χ2n) is 10.1. The number of fused-ring (bicyclic) bond motifs is 2. The maximum Gasteiger partial charge on any atom is 0.227 e. The number of hydrogen-bond donors (Lipinski definition) is 3. The first-order chi connectivity index (χ1) is 18.1. The number of likely N-dealkylation sites (N-methyl/N-ethyl adjacent to an activating group) is 1. The third-order valence-electron chi connectivity index (χ3n) is 7.45. The largest absolute Gasteiger partial charge is 0.368 e. The van der Waals surface area contributed by atoms with Gasteiger partial charge in [-0.1, -0.05) is 6.07 Å². The van der Waals surface area contributed by atoms with Crippen LogP contribution in [-0.4, -0.2) is 69.2 Å². The molecule has 0 radical (unpaired) electrons.